The van der Waals surface area contributed by atoms with Crippen molar-refractivity contribution in [2.24, 2.45) is 0 Å². The minimum atomic E-state index is 0.216. The topological polar surface area (TPSA) is 32.3 Å². The Morgan fingerprint density at radius 1 is 1.12 bits per heavy atom. The predicted octanol–water partition coefficient (Wildman–Crippen LogP) is 1.92. The van der Waals surface area contributed by atoms with Crippen LogP contribution in [-0.2, 0) is 4.79 Å². The van der Waals surface area contributed by atoms with Crippen molar-refractivity contribution in [2.45, 2.75) is 57.4 Å². The second-order valence-electron chi connectivity index (χ2n) is 5.56. The van der Waals surface area contributed by atoms with Gasteiger partial charge in [-0.3, -0.25) is 4.79 Å². The van der Waals surface area contributed by atoms with Crippen LogP contribution in [0.3, 0.4) is 0 Å². The lowest BCUT2D eigenvalue weighted by molar-refractivity contribution is -0.129. The molecule has 0 unspecified atom stereocenters. The van der Waals surface area contributed by atoms with E-state index >= 15 is 0 Å². The van der Waals surface area contributed by atoms with Crippen LogP contribution >= 0.6 is 0 Å². The molecule has 1 amide bonds. The average Bonchev–Trinajstić information content (AvgIpc) is 2.80. The lowest BCUT2D eigenvalue weighted by atomic mass is 9.83. The molecule has 0 radical (unpaired) electrons. The highest BCUT2D eigenvalue weighted by Crippen LogP contribution is 2.27. The van der Waals surface area contributed by atoms with Gasteiger partial charge in [-0.05, 0) is 32.6 Å². The highest BCUT2D eigenvalue weighted by Gasteiger charge is 2.27. The fourth-order valence-electron chi connectivity index (χ4n) is 2.88. The number of amides is 1. The molecular formula is C13H24N2O. The molecule has 1 aliphatic carbocycles. The fraction of sp³-hybridized carbons (Fsp3) is 0.923. The number of carbonyl (C=O) groups excluding carboxylic acids is 1. The van der Waals surface area contributed by atoms with Crippen LogP contribution in [0.4, 0.5) is 0 Å². The van der Waals surface area contributed by atoms with Crippen molar-refractivity contribution in [3.63, 3.8) is 0 Å². The van der Waals surface area contributed by atoms with Gasteiger partial charge in [0.2, 0.25) is 5.91 Å². The second kappa shape index (κ2) is 5.17. The molecule has 0 spiro atoms. The summed E-state index contributed by atoms with van der Waals surface area (Å²) in [6, 6.07) is 0. The van der Waals surface area contributed by atoms with E-state index in [2.05, 4.69) is 12.2 Å². The van der Waals surface area contributed by atoms with Crippen molar-refractivity contribution in [3.05, 3.63) is 0 Å². The van der Waals surface area contributed by atoms with E-state index in [0.717, 1.165) is 13.1 Å². The van der Waals surface area contributed by atoms with Crippen LogP contribution in [0.2, 0.25) is 0 Å². The van der Waals surface area contributed by atoms with Gasteiger partial charge in [0.25, 0.3) is 0 Å². The van der Waals surface area contributed by atoms with Crippen molar-refractivity contribution in [3.8, 4) is 0 Å². The van der Waals surface area contributed by atoms with Gasteiger partial charge in [0, 0.05) is 18.6 Å². The lowest BCUT2D eigenvalue weighted by Gasteiger charge is -2.35. The highest BCUT2D eigenvalue weighted by atomic mass is 16.2. The number of hydrogen-bond donors (Lipinski definition) is 1. The molecule has 2 rings (SSSR count). The molecule has 2 fully saturated rings. The summed E-state index contributed by atoms with van der Waals surface area (Å²) in [5.74, 6) is 0.296. The minimum Gasteiger partial charge on any atom is -0.342 e. The first-order chi connectivity index (χ1) is 7.70. The van der Waals surface area contributed by atoms with Gasteiger partial charge in [-0.15, -0.1) is 0 Å². The summed E-state index contributed by atoms with van der Waals surface area (Å²) >= 11 is 0. The first-order valence-corrected chi connectivity index (χ1v) is 6.72. The van der Waals surface area contributed by atoms with E-state index in [1.54, 1.807) is 0 Å². The van der Waals surface area contributed by atoms with Crippen molar-refractivity contribution in [1.29, 1.82) is 0 Å². The smallest absolute Gasteiger partial charge is 0.236 e. The van der Waals surface area contributed by atoms with E-state index in [0.29, 0.717) is 12.5 Å². The van der Waals surface area contributed by atoms with E-state index in [9.17, 15) is 4.79 Å². The van der Waals surface area contributed by atoms with Gasteiger partial charge in [0.1, 0.15) is 0 Å². The lowest BCUT2D eigenvalue weighted by Crippen LogP contribution is -2.48. The maximum Gasteiger partial charge on any atom is 0.236 e. The van der Waals surface area contributed by atoms with E-state index in [4.69, 9.17) is 0 Å². The Labute approximate surface area is 98.6 Å². The molecule has 3 nitrogen and oxygen atoms in total. The van der Waals surface area contributed by atoms with Crippen molar-refractivity contribution in [2.75, 3.05) is 19.6 Å². The van der Waals surface area contributed by atoms with Gasteiger partial charge < -0.3 is 10.2 Å². The number of carbonyl (C=O) groups is 1. The van der Waals surface area contributed by atoms with E-state index in [1.165, 1.54) is 44.9 Å². The third-order valence-corrected chi connectivity index (χ3v) is 4.08. The zero-order valence-corrected chi connectivity index (χ0v) is 10.4. The summed E-state index contributed by atoms with van der Waals surface area (Å²) in [6.45, 7) is 4.74. The summed E-state index contributed by atoms with van der Waals surface area (Å²) in [7, 11) is 0. The van der Waals surface area contributed by atoms with Crippen LogP contribution in [0.15, 0.2) is 0 Å². The number of hydrogen-bond acceptors (Lipinski definition) is 2. The minimum absolute atomic E-state index is 0.216. The molecule has 1 saturated heterocycles. The Balaban J connectivity index is 1.75. The molecule has 3 heteroatoms. The molecule has 0 atom stereocenters. The van der Waals surface area contributed by atoms with Gasteiger partial charge in [0.05, 0.1) is 6.54 Å². The van der Waals surface area contributed by atoms with Gasteiger partial charge >= 0.3 is 0 Å². The molecule has 1 heterocycles. The second-order valence-corrected chi connectivity index (χ2v) is 5.56. The SMILES string of the molecule is CC1(NCC(=O)N2CCCC2)CCCCC1. The Bertz CT molecular complexity index is 240. The normalized spacial score (nSPS) is 24.7. The highest BCUT2D eigenvalue weighted by molar-refractivity contribution is 5.78. The molecule has 16 heavy (non-hydrogen) atoms. The largest absolute Gasteiger partial charge is 0.342 e. The summed E-state index contributed by atoms with van der Waals surface area (Å²) in [4.78, 5) is 13.9. The van der Waals surface area contributed by atoms with Gasteiger partial charge in [-0.1, -0.05) is 19.3 Å². The molecule has 2 aliphatic rings. The number of nitrogens with zero attached hydrogens (tertiary/aromatic N) is 1. The summed E-state index contributed by atoms with van der Waals surface area (Å²) < 4.78 is 0. The Morgan fingerprint density at radius 2 is 1.75 bits per heavy atom. The monoisotopic (exact) mass is 224 g/mol. The Kier molecular flexibility index (Phi) is 3.85. The summed E-state index contributed by atoms with van der Waals surface area (Å²) in [5, 5.41) is 3.48. The number of nitrogens with one attached hydrogen (secondary N) is 1. The summed E-state index contributed by atoms with van der Waals surface area (Å²) in [5.41, 5.74) is 0.216. The molecule has 0 aromatic heterocycles. The molecule has 0 aromatic carbocycles. The van der Waals surface area contributed by atoms with Crippen LogP contribution in [-0.4, -0.2) is 36.0 Å². The van der Waals surface area contributed by atoms with Gasteiger partial charge in [-0.2, -0.15) is 0 Å². The van der Waals surface area contributed by atoms with Crippen molar-refractivity contribution in [1.82, 2.24) is 10.2 Å². The van der Waals surface area contributed by atoms with E-state index in [-0.39, 0.29) is 5.54 Å². The first kappa shape index (κ1) is 11.9. The van der Waals surface area contributed by atoms with Crippen LogP contribution in [0, 0.1) is 0 Å². The fourth-order valence-corrected chi connectivity index (χ4v) is 2.88. The van der Waals surface area contributed by atoms with Crippen LogP contribution < -0.4 is 5.32 Å². The molecule has 0 aromatic rings. The van der Waals surface area contributed by atoms with Crippen LogP contribution in [0.1, 0.15) is 51.9 Å². The van der Waals surface area contributed by atoms with E-state index in [1.807, 2.05) is 4.90 Å². The molecule has 0 bridgehead atoms. The summed E-state index contributed by atoms with van der Waals surface area (Å²) in [6.07, 6.45) is 8.78. The van der Waals surface area contributed by atoms with Crippen LogP contribution in [0.5, 0.6) is 0 Å². The predicted molar refractivity (Wildman–Crippen MR) is 65.3 cm³/mol. The Morgan fingerprint density at radius 3 is 2.38 bits per heavy atom. The number of rotatable bonds is 3. The first-order valence-electron chi connectivity index (χ1n) is 6.72. The third kappa shape index (κ3) is 2.97. The quantitative estimate of drug-likeness (QED) is 0.794. The zero-order valence-electron chi connectivity index (χ0n) is 10.4. The van der Waals surface area contributed by atoms with Crippen molar-refractivity contribution >= 4 is 5.91 Å². The van der Waals surface area contributed by atoms with Gasteiger partial charge in [-0.25, -0.2) is 0 Å². The van der Waals surface area contributed by atoms with Crippen LogP contribution in [0.25, 0.3) is 0 Å². The maximum absolute atomic E-state index is 11.9. The molecular weight excluding hydrogens is 200 g/mol. The van der Waals surface area contributed by atoms with Crippen molar-refractivity contribution < 1.29 is 4.79 Å². The van der Waals surface area contributed by atoms with Gasteiger partial charge in [0.15, 0.2) is 0 Å². The molecule has 1 saturated carbocycles. The molecule has 1 aliphatic heterocycles. The zero-order chi connectivity index (χ0) is 11.4. The molecule has 92 valence electrons. The Hall–Kier alpha value is -0.570. The third-order valence-electron chi connectivity index (χ3n) is 4.08. The van der Waals surface area contributed by atoms with E-state index < -0.39 is 0 Å². The maximum atomic E-state index is 11.9. The average molecular weight is 224 g/mol. The molecule has 1 N–H and O–H groups in total. The number of likely N-dealkylation sites (tertiary alicyclic amines) is 1. The standard InChI is InChI=1S/C13H24N2O/c1-13(7-3-2-4-8-13)14-11-12(16)15-9-5-6-10-15/h14H,2-11H2,1H3.